The van der Waals surface area contributed by atoms with Crippen molar-refractivity contribution in [2.75, 3.05) is 34.8 Å². The Hall–Kier alpha value is -1.93. The SMILES string of the molecule is COC(=O)CCN(C)C(=O)c1ccc(S(=O)(=O)N(C)C)cc1. The van der Waals surface area contributed by atoms with E-state index >= 15 is 0 Å². The van der Waals surface area contributed by atoms with Crippen molar-refractivity contribution in [3.05, 3.63) is 29.8 Å². The van der Waals surface area contributed by atoms with E-state index in [-0.39, 0.29) is 23.8 Å². The molecule has 1 aromatic rings. The number of carbonyl (C=O) groups is 2. The smallest absolute Gasteiger partial charge is 0.307 e. The average molecular weight is 328 g/mol. The molecule has 1 aromatic carbocycles. The molecular weight excluding hydrogens is 308 g/mol. The Morgan fingerprint density at radius 3 is 2.09 bits per heavy atom. The number of sulfonamides is 1. The van der Waals surface area contributed by atoms with Gasteiger partial charge in [-0.15, -0.1) is 0 Å². The van der Waals surface area contributed by atoms with Crippen LogP contribution in [0.4, 0.5) is 0 Å². The van der Waals surface area contributed by atoms with Crippen molar-refractivity contribution < 1.29 is 22.7 Å². The van der Waals surface area contributed by atoms with E-state index in [0.29, 0.717) is 5.56 Å². The van der Waals surface area contributed by atoms with Crippen LogP contribution >= 0.6 is 0 Å². The van der Waals surface area contributed by atoms with Gasteiger partial charge in [0.15, 0.2) is 0 Å². The van der Waals surface area contributed by atoms with Gasteiger partial charge in [0.25, 0.3) is 5.91 Å². The predicted molar refractivity (Wildman–Crippen MR) is 80.9 cm³/mol. The van der Waals surface area contributed by atoms with E-state index in [2.05, 4.69) is 4.74 Å². The minimum Gasteiger partial charge on any atom is -0.469 e. The standard InChI is InChI=1S/C14H20N2O5S/c1-15(2)22(19,20)12-7-5-11(6-8-12)14(18)16(3)10-9-13(17)21-4/h5-8H,9-10H2,1-4H3. The molecule has 0 radical (unpaired) electrons. The third-order valence-electron chi connectivity index (χ3n) is 3.11. The highest BCUT2D eigenvalue weighted by Crippen LogP contribution is 2.15. The fourth-order valence-electron chi connectivity index (χ4n) is 1.66. The minimum absolute atomic E-state index is 0.103. The molecule has 0 aliphatic rings. The van der Waals surface area contributed by atoms with Crippen molar-refractivity contribution in [3.8, 4) is 0 Å². The van der Waals surface area contributed by atoms with Gasteiger partial charge in [-0.2, -0.15) is 0 Å². The number of esters is 1. The largest absolute Gasteiger partial charge is 0.469 e. The highest BCUT2D eigenvalue weighted by Gasteiger charge is 2.18. The molecule has 0 bridgehead atoms. The number of benzene rings is 1. The van der Waals surface area contributed by atoms with Gasteiger partial charge in [0.2, 0.25) is 10.0 Å². The maximum atomic E-state index is 12.2. The number of carbonyl (C=O) groups excluding carboxylic acids is 2. The summed E-state index contributed by atoms with van der Waals surface area (Å²) in [6.45, 7) is 0.225. The molecule has 122 valence electrons. The number of amides is 1. The quantitative estimate of drug-likeness (QED) is 0.713. The molecule has 0 saturated carbocycles. The fraction of sp³-hybridized carbons (Fsp3) is 0.429. The number of rotatable bonds is 6. The maximum absolute atomic E-state index is 12.2. The minimum atomic E-state index is -3.52. The topological polar surface area (TPSA) is 84.0 Å². The summed E-state index contributed by atoms with van der Waals surface area (Å²) in [6, 6.07) is 5.67. The van der Waals surface area contributed by atoms with Gasteiger partial charge in [0.05, 0.1) is 18.4 Å². The van der Waals surface area contributed by atoms with Crippen LogP contribution in [0.25, 0.3) is 0 Å². The molecule has 1 amide bonds. The Labute approximate surface area is 130 Å². The zero-order valence-corrected chi connectivity index (χ0v) is 13.9. The lowest BCUT2D eigenvalue weighted by Gasteiger charge is -2.17. The third kappa shape index (κ3) is 4.28. The van der Waals surface area contributed by atoms with Crippen molar-refractivity contribution in [1.82, 2.24) is 9.21 Å². The van der Waals surface area contributed by atoms with Gasteiger partial charge >= 0.3 is 5.97 Å². The molecule has 7 nitrogen and oxygen atoms in total. The Morgan fingerprint density at radius 2 is 1.64 bits per heavy atom. The number of nitrogens with zero attached hydrogens (tertiary/aromatic N) is 2. The number of methoxy groups -OCH3 is 1. The summed E-state index contributed by atoms with van der Waals surface area (Å²) in [6.07, 6.45) is 0.103. The van der Waals surface area contributed by atoms with E-state index in [1.165, 1.54) is 50.4 Å². The lowest BCUT2D eigenvalue weighted by Crippen LogP contribution is -2.29. The first-order chi connectivity index (χ1) is 10.2. The van der Waals surface area contributed by atoms with Gasteiger partial charge in [-0.25, -0.2) is 12.7 Å². The first-order valence-corrected chi connectivity index (χ1v) is 7.99. The van der Waals surface area contributed by atoms with Crippen LogP contribution in [0.1, 0.15) is 16.8 Å². The number of ether oxygens (including phenoxy) is 1. The molecule has 8 heteroatoms. The third-order valence-corrected chi connectivity index (χ3v) is 4.93. The zero-order chi connectivity index (χ0) is 16.9. The van der Waals surface area contributed by atoms with E-state index in [1.807, 2.05) is 0 Å². The molecule has 0 aliphatic carbocycles. The second kappa shape index (κ2) is 7.37. The highest BCUT2D eigenvalue weighted by molar-refractivity contribution is 7.89. The summed E-state index contributed by atoms with van der Waals surface area (Å²) in [5.41, 5.74) is 0.352. The van der Waals surface area contributed by atoms with Crippen LogP contribution in [-0.2, 0) is 19.6 Å². The molecule has 0 fully saturated rings. The Kier molecular flexibility index (Phi) is 6.07. The first kappa shape index (κ1) is 18.1. The van der Waals surface area contributed by atoms with E-state index in [0.717, 1.165) is 4.31 Å². The predicted octanol–water partition coefficient (Wildman–Crippen LogP) is 0.572. The lowest BCUT2D eigenvalue weighted by atomic mass is 10.2. The van der Waals surface area contributed by atoms with E-state index in [9.17, 15) is 18.0 Å². The normalized spacial score (nSPS) is 11.3. The molecular formula is C14H20N2O5S. The van der Waals surface area contributed by atoms with Crippen LogP contribution in [0, 0.1) is 0 Å². The van der Waals surface area contributed by atoms with E-state index in [1.54, 1.807) is 7.05 Å². The van der Waals surface area contributed by atoms with E-state index in [4.69, 9.17) is 0 Å². The summed E-state index contributed by atoms with van der Waals surface area (Å²) < 4.78 is 29.5. The number of hydrogen-bond donors (Lipinski definition) is 0. The Bertz CT molecular complexity index is 638. The van der Waals surface area contributed by atoms with E-state index < -0.39 is 16.0 Å². The van der Waals surface area contributed by atoms with Gasteiger partial charge in [0, 0.05) is 33.3 Å². The van der Waals surface area contributed by atoms with Crippen LogP contribution < -0.4 is 0 Å². The second-order valence-electron chi connectivity index (χ2n) is 4.86. The summed E-state index contributed by atoms with van der Waals surface area (Å²) in [4.78, 5) is 24.7. The molecule has 0 aliphatic heterocycles. The van der Waals surface area contributed by atoms with Crippen molar-refractivity contribution in [1.29, 1.82) is 0 Å². The summed E-state index contributed by atoms with van der Waals surface area (Å²) in [5.74, 6) is -0.690. The van der Waals surface area contributed by atoms with Crippen molar-refractivity contribution in [2.24, 2.45) is 0 Å². The highest BCUT2D eigenvalue weighted by atomic mass is 32.2. The summed E-state index contributed by atoms with van der Waals surface area (Å²) >= 11 is 0. The number of hydrogen-bond acceptors (Lipinski definition) is 5. The summed E-state index contributed by atoms with van der Waals surface area (Å²) in [7, 11) is 2.21. The first-order valence-electron chi connectivity index (χ1n) is 6.55. The monoisotopic (exact) mass is 328 g/mol. The molecule has 22 heavy (non-hydrogen) atoms. The lowest BCUT2D eigenvalue weighted by molar-refractivity contribution is -0.140. The van der Waals surface area contributed by atoms with Gasteiger partial charge in [-0.05, 0) is 24.3 Å². The summed E-state index contributed by atoms with van der Waals surface area (Å²) in [5, 5.41) is 0. The van der Waals surface area contributed by atoms with Crippen molar-refractivity contribution >= 4 is 21.9 Å². The maximum Gasteiger partial charge on any atom is 0.307 e. The zero-order valence-electron chi connectivity index (χ0n) is 13.1. The molecule has 0 unspecified atom stereocenters. The van der Waals surface area contributed by atoms with Gasteiger partial charge < -0.3 is 9.64 Å². The molecule has 0 atom stereocenters. The van der Waals surface area contributed by atoms with Gasteiger partial charge in [-0.3, -0.25) is 9.59 Å². The molecule has 0 N–H and O–H groups in total. The van der Waals surface area contributed by atoms with Crippen LogP contribution in [0.5, 0.6) is 0 Å². The van der Waals surface area contributed by atoms with Crippen molar-refractivity contribution in [2.45, 2.75) is 11.3 Å². The fourth-order valence-corrected chi connectivity index (χ4v) is 2.56. The molecule has 1 rings (SSSR count). The van der Waals surface area contributed by atoms with Crippen molar-refractivity contribution in [3.63, 3.8) is 0 Å². The molecule has 0 heterocycles. The van der Waals surface area contributed by atoms with Gasteiger partial charge in [0.1, 0.15) is 0 Å². The van der Waals surface area contributed by atoms with Gasteiger partial charge in [-0.1, -0.05) is 0 Å². The van der Waals surface area contributed by atoms with Crippen LogP contribution in [0.3, 0.4) is 0 Å². The average Bonchev–Trinajstić information content (AvgIpc) is 2.51. The second-order valence-corrected chi connectivity index (χ2v) is 7.02. The van der Waals surface area contributed by atoms with Crippen LogP contribution in [0.15, 0.2) is 29.2 Å². The Balaban J connectivity index is 2.82. The van der Waals surface area contributed by atoms with Crippen LogP contribution in [-0.4, -0.2) is 64.3 Å². The molecule has 0 aromatic heterocycles. The Morgan fingerprint density at radius 1 is 1.09 bits per heavy atom. The molecule has 0 spiro atoms. The van der Waals surface area contributed by atoms with Crippen LogP contribution in [0.2, 0.25) is 0 Å². The molecule has 0 saturated heterocycles.